The summed E-state index contributed by atoms with van der Waals surface area (Å²) in [5.74, 6) is -0.0509. The minimum atomic E-state index is -0.0255. The van der Waals surface area contributed by atoms with Crippen LogP contribution in [0.3, 0.4) is 0 Å². The van der Waals surface area contributed by atoms with Crippen LogP contribution < -0.4 is 0 Å². The van der Waals surface area contributed by atoms with Gasteiger partial charge in [-0.05, 0) is 13.8 Å². The number of nitrogens with zero attached hydrogens (tertiary/aromatic N) is 3. The standard InChI is InChI=1S/C6H9NO2.C5H8N2/c1-2-7-5(8)3-4-6(7)9;1-2-7-4-3-6-5-7/h2-4H2,1H3;3-5H,2H2,1H3. The molecule has 0 atom stereocenters. The largest absolute Gasteiger partial charge is 0.338 e. The van der Waals surface area contributed by atoms with Crippen molar-refractivity contribution in [2.75, 3.05) is 6.54 Å². The summed E-state index contributed by atoms with van der Waals surface area (Å²) in [6.07, 6.45) is 6.35. The molecule has 1 fully saturated rings. The first kappa shape index (κ1) is 12.4. The summed E-state index contributed by atoms with van der Waals surface area (Å²) in [6.45, 7) is 5.43. The third kappa shape index (κ3) is 3.18. The Hall–Kier alpha value is -1.65. The number of hydrogen-bond donors (Lipinski definition) is 0. The second-order valence-corrected chi connectivity index (χ2v) is 3.42. The molecule has 0 unspecified atom stereocenters. The van der Waals surface area contributed by atoms with Gasteiger partial charge in [-0.2, -0.15) is 0 Å². The Balaban J connectivity index is 0.000000165. The van der Waals surface area contributed by atoms with Gasteiger partial charge in [0.1, 0.15) is 0 Å². The van der Waals surface area contributed by atoms with E-state index in [1.54, 1.807) is 19.4 Å². The topological polar surface area (TPSA) is 55.2 Å². The molecule has 1 aromatic rings. The predicted octanol–water partition coefficient (Wildman–Crippen LogP) is 1.06. The van der Waals surface area contributed by atoms with Crippen LogP contribution in [0.2, 0.25) is 0 Å². The van der Waals surface area contributed by atoms with Crippen LogP contribution in [0.4, 0.5) is 0 Å². The molecule has 1 saturated heterocycles. The summed E-state index contributed by atoms with van der Waals surface area (Å²) >= 11 is 0. The van der Waals surface area contributed by atoms with Gasteiger partial charge in [-0.25, -0.2) is 4.98 Å². The van der Waals surface area contributed by atoms with Crippen LogP contribution in [-0.2, 0) is 16.1 Å². The number of imide groups is 1. The van der Waals surface area contributed by atoms with E-state index in [2.05, 4.69) is 11.9 Å². The van der Waals surface area contributed by atoms with Gasteiger partial charge in [-0.1, -0.05) is 0 Å². The first-order chi connectivity index (χ1) is 7.69. The Kier molecular flexibility index (Phi) is 4.69. The average Bonchev–Trinajstić information content (AvgIpc) is 2.90. The molecule has 1 aliphatic rings. The maximum Gasteiger partial charge on any atom is 0.229 e. The van der Waals surface area contributed by atoms with Gasteiger partial charge >= 0.3 is 0 Å². The molecule has 0 N–H and O–H groups in total. The zero-order valence-corrected chi connectivity index (χ0v) is 9.72. The van der Waals surface area contributed by atoms with Gasteiger partial charge in [0.05, 0.1) is 6.33 Å². The van der Waals surface area contributed by atoms with Crippen LogP contribution in [-0.4, -0.2) is 32.8 Å². The molecule has 0 saturated carbocycles. The summed E-state index contributed by atoms with van der Waals surface area (Å²) in [6, 6.07) is 0. The van der Waals surface area contributed by atoms with Gasteiger partial charge in [0.25, 0.3) is 0 Å². The summed E-state index contributed by atoms with van der Waals surface area (Å²) < 4.78 is 2.01. The molecule has 0 aliphatic carbocycles. The zero-order chi connectivity index (χ0) is 12.0. The van der Waals surface area contributed by atoms with Crippen molar-refractivity contribution in [1.29, 1.82) is 0 Å². The highest BCUT2D eigenvalue weighted by atomic mass is 16.2. The number of amides is 2. The van der Waals surface area contributed by atoms with Crippen LogP contribution in [0.25, 0.3) is 0 Å². The second kappa shape index (κ2) is 6.05. The van der Waals surface area contributed by atoms with E-state index in [4.69, 9.17) is 0 Å². The molecule has 88 valence electrons. The van der Waals surface area contributed by atoms with Crippen molar-refractivity contribution in [2.24, 2.45) is 0 Å². The Morgan fingerprint density at radius 2 is 1.81 bits per heavy atom. The van der Waals surface area contributed by atoms with E-state index >= 15 is 0 Å². The molecule has 0 bridgehead atoms. The molecule has 0 aromatic carbocycles. The zero-order valence-electron chi connectivity index (χ0n) is 9.72. The molecule has 2 heterocycles. The van der Waals surface area contributed by atoms with Gasteiger partial charge in [0.15, 0.2) is 0 Å². The number of carbonyl (C=O) groups is 2. The van der Waals surface area contributed by atoms with Crippen LogP contribution in [0.5, 0.6) is 0 Å². The fourth-order valence-electron chi connectivity index (χ4n) is 1.45. The van der Waals surface area contributed by atoms with Gasteiger partial charge in [-0.3, -0.25) is 14.5 Å². The van der Waals surface area contributed by atoms with Crippen LogP contribution in [0.1, 0.15) is 26.7 Å². The molecule has 2 amide bonds. The van der Waals surface area contributed by atoms with E-state index in [0.717, 1.165) is 6.54 Å². The first-order valence-electron chi connectivity index (χ1n) is 5.48. The minimum absolute atomic E-state index is 0.0255. The van der Waals surface area contributed by atoms with Crippen LogP contribution in [0.15, 0.2) is 18.7 Å². The smallest absolute Gasteiger partial charge is 0.229 e. The van der Waals surface area contributed by atoms with E-state index in [1.807, 2.05) is 10.8 Å². The highest BCUT2D eigenvalue weighted by molar-refractivity contribution is 6.01. The van der Waals surface area contributed by atoms with Gasteiger partial charge in [0.2, 0.25) is 11.8 Å². The normalized spacial score (nSPS) is 15.0. The van der Waals surface area contributed by atoms with E-state index < -0.39 is 0 Å². The number of hydrogen-bond acceptors (Lipinski definition) is 3. The van der Waals surface area contributed by atoms with Crippen molar-refractivity contribution in [3.05, 3.63) is 18.7 Å². The summed E-state index contributed by atoms with van der Waals surface area (Å²) in [4.78, 5) is 26.6. The SMILES string of the molecule is CCN1C(=O)CCC1=O.CCn1ccnc1. The van der Waals surface area contributed by atoms with Gasteiger partial charge in [0, 0.05) is 38.3 Å². The molecule has 16 heavy (non-hydrogen) atoms. The lowest BCUT2D eigenvalue weighted by atomic mass is 10.4. The summed E-state index contributed by atoms with van der Waals surface area (Å²) in [7, 11) is 0. The van der Waals surface area contributed by atoms with Crippen molar-refractivity contribution in [3.63, 3.8) is 0 Å². The maximum absolute atomic E-state index is 10.7. The number of aromatic nitrogens is 2. The molecule has 1 aromatic heterocycles. The Labute approximate surface area is 95.1 Å². The lowest BCUT2D eigenvalue weighted by Gasteiger charge is -2.08. The number of carbonyl (C=O) groups excluding carboxylic acids is 2. The monoisotopic (exact) mass is 223 g/mol. The number of rotatable bonds is 2. The van der Waals surface area contributed by atoms with Crippen LogP contribution >= 0.6 is 0 Å². The average molecular weight is 223 g/mol. The maximum atomic E-state index is 10.7. The quantitative estimate of drug-likeness (QED) is 0.704. The van der Waals surface area contributed by atoms with E-state index in [0.29, 0.717) is 19.4 Å². The van der Waals surface area contributed by atoms with Crippen molar-refractivity contribution in [2.45, 2.75) is 33.2 Å². The van der Waals surface area contributed by atoms with Crippen LogP contribution in [0, 0.1) is 0 Å². The predicted molar refractivity (Wildman–Crippen MR) is 59.5 cm³/mol. The molecule has 5 nitrogen and oxygen atoms in total. The highest BCUT2D eigenvalue weighted by Gasteiger charge is 2.26. The lowest BCUT2D eigenvalue weighted by Crippen LogP contribution is -2.28. The Morgan fingerprint density at radius 3 is 2.06 bits per heavy atom. The van der Waals surface area contributed by atoms with Crippen molar-refractivity contribution in [1.82, 2.24) is 14.5 Å². The van der Waals surface area contributed by atoms with Gasteiger partial charge in [-0.15, -0.1) is 0 Å². The first-order valence-corrected chi connectivity index (χ1v) is 5.48. The molecule has 2 rings (SSSR count). The fraction of sp³-hybridized carbons (Fsp3) is 0.545. The van der Waals surface area contributed by atoms with Crippen molar-refractivity contribution in [3.8, 4) is 0 Å². The highest BCUT2D eigenvalue weighted by Crippen LogP contribution is 2.09. The number of likely N-dealkylation sites (tertiary alicyclic amines) is 1. The van der Waals surface area contributed by atoms with E-state index in [9.17, 15) is 9.59 Å². The molecular formula is C11H17N3O2. The third-order valence-corrected chi connectivity index (χ3v) is 2.40. The molecule has 1 aliphatic heterocycles. The molecule has 5 heteroatoms. The molecule has 0 spiro atoms. The van der Waals surface area contributed by atoms with E-state index in [1.165, 1.54) is 4.90 Å². The Morgan fingerprint density at radius 1 is 1.19 bits per heavy atom. The molecular weight excluding hydrogens is 206 g/mol. The van der Waals surface area contributed by atoms with Gasteiger partial charge < -0.3 is 4.57 Å². The fourth-order valence-corrected chi connectivity index (χ4v) is 1.45. The second-order valence-electron chi connectivity index (χ2n) is 3.42. The lowest BCUT2D eigenvalue weighted by molar-refractivity contribution is -0.138. The molecule has 0 radical (unpaired) electrons. The number of aryl methyl sites for hydroxylation is 1. The van der Waals surface area contributed by atoms with E-state index in [-0.39, 0.29) is 11.8 Å². The minimum Gasteiger partial charge on any atom is -0.338 e. The summed E-state index contributed by atoms with van der Waals surface area (Å²) in [5.41, 5.74) is 0. The third-order valence-electron chi connectivity index (χ3n) is 2.40. The van der Waals surface area contributed by atoms with Crippen molar-refractivity contribution < 1.29 is 9.59 Å². The summed E-state index contributed by atoms with van der Waals surface area (Å²) in [5, 5.41) is 0. The van der Waals surface area contributed by atoms with Crippen molar-refractivity contribution >= 4 is 11.8 Å². The Bertz CT molecular complexity index is 330. The number of imidazole rings is 1.